The summed E-state index contributed by atoms with van der Waals surface area (Å²) in [6.07, 6.45) is 2.10. The zero-order valence-electron chi connectivity index (χ0n) is 9.54. The Balaban J connectivity index is 3.76. The maximum Gasteiger partial charge on any atom is 0.238 e. The van der Waals surface area contributed by atoms with Gasteiger partial charge in [-0.05, 0) is 19.9 Å². The number of hydrogen-bond acceptors (Lipinski definition) is 4. The van der Waals surface area contributed by atoms with Crippen LogP contribution in [0.25, 0.3) is 0 Å². The standard InChI is InChI=1S/C9H20N2O3S/c1-4-5-10-6-7-11-9(12)8(2)15(3,13)14/h8,10H,4-7H2,1-3H3,(H,11,12). The molecular formula is C9H20N2O3S. The number of carbonyl (C=O) groups excluding carboxylic acids is 1. The molecule has 0 heterocycles. The molecule has 0 aliphatic carbocycles. The quantitative estimate of drug-likeness (QED) is 0.586. The van der Waals surface area contributed by atoms with Crippen molar-refractivity contribution in [2.24, 2.45) is 0 Å². The number of hydrogen-bond donors (Lipinski definition) is 2. The number of amides is 1. The van der Waals surface area contributed by atoms with Crippen LogP contribution in [0.1, 0.15) is 20.3 Å². The number of sulfone groups is 1. The van der Waals surface area contributed by atoms with Crippen molar-refractivity contribution in [2.45, 2.75) is 25.5 Å². The first-order valence-corrected chi connectivity index (χ1v) is 7.02. The minimum absolute atomic E-state index is 0.434. The second-order valence-corrected chi connectivity index (χ2v) is 5.88. The second-order valence-electron chi connectivity index (χ2n) is 3.51. The number of carbonyl (C=O) groups is 1. The van der Waals surface area contributed by atoms with Crippen molar-refractivity contribution in [3.8, 4) is 0 Å². The molecule has 2 N–H and O–H groups in total. The van der Waals surface area contributed by atoms with Crippen LogP contribution in [0.15, 0.2) is 0 Å². The fourth-order valence-electron chi connectivity index (χ4n) is 0.914. The lowest BCUT2D eigenvalue weighted by atomic mass is 10.4. The Morgan fingerprint density at radius 3 is 2.33 bits per heavy atom. The number of rotatable bonds is 7. The largest absolute Gasteiger partial charge is 0.354 e. The molecule has 0 saturated carbocycles. The Bertz CT molecular complexity index is 288. The van der Waals surface area contributed by atoms with Crippen molar-refractivity contribution in [3.05, 3.63) is 0 Å². The van der Waals surface area contributed by atoms with Crippen LogP contribution < -0.4 is 10.6 Å². The van der Waals surface area contributed by atoms with Gasteiger partial charge in [0.05, 0.1) is 0 Å². The highest BCUT2D eigenvalue weighted by Crippen LogP contribution is 1.96. The Morgan fingerprint density at radius 2 is 1.87 bits per heavy atom. The summed E-state index contributed by atoms with van der Waals surface area (Å²) in [4.78, 5) is 11.3. The van der Waals surface area contributed by atoms with Crippen LogP contribution in [0, 0.1) is 0 Å². The van der Waals surface area contributed by atoms with Gasteiger partial charge in [-0.15, -0.1) is 0 Å². The maximum absolute atomic E-state index is 11.3. The van der Waals surface area contributed by atoms with Gasteiger partial charge in [-0.2, -0.15) is 0 Å². The average Bonchev–Trinajstić information content (AvgIpc) is 2.14. The topological polar surface area (TPSA) is 75.3 Å². The summed E-state index contributed by atoms with van der Waals surface area (Å²) in [6, 6.07) is 0. The molecule has 1 atom stereocenters. The van der Waals surface area contributed by atoms with E-state index in [2.05, 4.69) is 17.6 Å². The van der Waals surface area contributed by atoms with E-state index in [0.717, 1.165) is 19.2 Å². The summed E-state index contributed by atoms with van der Waals surface area (Å²) in [6.45, 7) is 5.47. The monoisotopic (exact) mass is 236 g/mol. The fourth-order valence-corrected chi connectivity index (χ4v) is 1.39. The third-order valence-corrected chi connectivity index (χ3v) is 3.54. The summed E-state index contributed by atoms with van der Waals surface area (Å²) in [7, 11) is -3.28. The van der Waals surface area contributed by atoms with Gasteiger partial charge in [0.2, 0.25) is 5.91 Å². The van der Waals surface area contributed by atoms with Gasteiger partial charge in [-0.3, -0.25) is 4.79 Å². The van der Waals surface area contributed by atoms with Crippen LogP contribution in [-0.2, 0) is 14.6 Å². The van der Waals surface area contributed by atoms with Gasteiger partial charge < -0.3 is 10.6 Å². The summed E-state index contributed by atoms with van der Waals surface area (Å²) in [5, 5.41) is 4.70. The van der Waals surface area contributed by atoms with Gasteiger partial charge in [0.15, 0.2) is 9.84 Å². The van der Waals surface area contributed by atoms with Crippen LogP contribution in [-0.4, -0.2) is 45.5 Å². The van der Waals surface area contributed by atoms with Gasteiger partial charge in [-0.1, -0.05) is 6.92 Å². The minimum atomic E-state index is -3.28. The van der Waals surface area contributed by atoms with Crippen LogP contribution in [0.2, 0.25) is 0 Å². The van der Waals surface area contributed by atoms with E-state index in [1.54, 1.807) is 0 Å². The third-order valence-electron chi connectivity index (χ3n) is 2.04. The second kappa shape index (κ2) is 6.79. The highest BCUT2D eigenvalue weighted by atomic mass is 32.2. The summed E-state index contributed by atoms with van der Waals surface area (Å²) < 4.78 is 22.1. The molecule has 6 heteroatoms. The lowest BCUT2D eigenvalue weighted by molar-refractivity contribution is -0.120. The first kappa shape index (κ1) is 14.4. The molecule has 5 nitrogen and oxygen atoms in total. The highest BCUT2D eigenvalue weighted by molar-refractivity contribution is 7.92. The minimum Gasteiger partial charge on any atom is -0.354 e. The van der Waals surface area contributed by atoms with E-state index >= 15 is 0 Å². The first-order valence-electron chi connectivity index (χ1n) is 5.07. The van der Waals surface area contributed by atoms with Gasteiger partial charge in [0.25, 0.3) is 0 Å². The van der Waals surface area contributed by atoms with Crippen molar-refractivity contribution >= 4 is 15.7 Å². The summed E-state index contributed by atoms with van der Waals surface area (Å²) in [5.74, 6) is -0.434. The molecule has 1 unspecified atom stereocenters. The average molecular weight is 236 g/mol. The van der Waals surface area contributed by atoms with Crippen molar-refractivity contribution in [2.75, 3.05) is 25.9 Å². The Kier molecular flexibility index (Phi) is 6.51. The zero-order valence-corrected chi connectivity index (χ0v) is 10.4. The third kappa shape index (κ3) is 6.46. The number of nitrogens with one attached hydrogen (secondary N) is 2. The Labute approximate surface area is 91.5 Å². The lowest BCUT2D eigenvalue weighted by Crippen LogP contribution is -2.40. The van der Waals surface area contributed by atoms with Crippen molar-refractivity contribution < 1.29 is 13.2 Å². The smallest absolute Gasteiger partial charge is 0.238 e. The molecule has 90 valence electrons. The van der Waals surface area contributed by atoms with Crippen molar-refractivity contribution in [1.82, 2.24) is 10.6 Å². The molecular weight excluding hydrogens is 216 g/mol. The fraction of sp³-hybridized carbons (Fsp3) is 0.889. The Hall–Kier alpha value is -0.620. The molecule has 0 fully saturated rings. The molecule has 0 radical (unpaired) electrons. The normalized spacial score (nSPS) is 13.5. The molecule has 0 aromatic rings. The molecule has 15 heavy (non-hydrogen) atoms. The van der Waals surface area contributed by atoms with Crippen molar-refractivity contribution in [1.29, 1.82) is 0 Å². The van der Waals surface area contributed by atoms with Crippen LogP contribution >= 0.6 is 0 Å². The van der Waals surface area contributed by atoms with Crippen LogP contribution in [0.4, 0.5) is 0 Å². The predicted octanol–water partition coefficient (Wildman–Crippen LogP) is -0.465. The van der Waals surface area contributed by atoms with Gasteiger partial charge in [0.1, 0.15) is 5.25 Å². The van der Waals surface area contributed by atoms with Gasteiger partial charge in [-0.25, -0.2) is 8.42 Å². The van der Waals surface area contributed by atoms with Crippen LogP contribution in [0.5, 0.6) is 0 Å². The zero-order chi connectivity index (χ0) is 11.9. The maximum atomic E-state index is 11.3. The molecule has 0 aliphatic rings. The van der Waals surface area contributed by atoms with E-state index in [9.17, 15) is 13.2 Å². The molecule has 0 bridgehead atoms. The molecule has 0 aromatic carbocycles. The van der Waals surface area contributed by atoms with Gasteiger partial charge in [0, 0.05) is 19.3 Å². The Morgan fingerprint density at radius 1 is 1.27 bits per heavy atom. The molecule has 0 aromatic heterocycles. The van der Waals surface area contributed by atoms with E-state index in [4.69, 9.17) is 0 Å². The summed E-state index contributed by atoms with van der Waals surface area (Å²) in [5.41, 5.74) is 0. The van der Waals surface area contributed by atoms with E-state index in [1.807, 2.05) is 0 Å². The molecule has 1 amide bonds. The SMILES string of the molecule is CCCNCCNC(=O)C(C)S(C)(=O)=O. The van der Waals surface area contributed by atoms with Gasteiger partial charge >= 0.3 is 0 Å². The van der Waals surface area contributed by atoms with Crippen molar-refractivity contribution in [3.63, 3.8) is 0 Å². The molecule has 0 saturated heterocycles. The molecule has 0 aliphatic heterocycles. The van der Waals surface area contributed by atoms with E-state index < -0.39 is 21.0 Å². The van der Waals surface area contributed by atoms with E-state index in [-0.39, 0.29) is 0 Å². The lowest BCUT2D eigenvalue weighted by Gasteiger charge is -2.10. The summed E-state index contributed by atoms with van der Waals surface area (Å²) >= 11 is 0. The molecule has 0 spiro atoms. The van der Waals surface area contributed by atoms with Crippen LogP contribution in [0.3, 0.4) is 0 Å². The highest BCUT2D eigenvalue weighted by Gasteiger charge is 2.22. The van der Waals surface area contributed by atoms with E-state index in [1.165, 1.54) is 6.92 Å². The first-order chi connectivity index (χ1) is 6.89. The predicted molar refractivity (Wildman–Crippen MR) is 60.5 cm³/mol. The van der Waals surface area contributed by atoms with E-state index in [0.29, 0.717) is 13.1 Å². The molecule has 0 rings (SSSR count).